The fourth-order valence-electron chi connectivity index (χ4n) is 1.33. The van der Waals surface area contributed by atoms with E-state index in [-0.39, 0.29) is 5.92 Å². The maximum Gasteiger partial charge on any atom is 0.246 e. The van der Waals surface area contributed by atoms with Crippen LogP contribution in [-0.4, -0.2) is 15.1 Å². The van der Waals surface area contributed by atoms with Crippen molar-refractivity contribution in [2.45, 2.75) is 32.8 Å². The number of aromatic nitrogens is 2. The van der Waals surface area contributed by atoms with Crippen molar-refractivity contribution in [2.75, 3.05) is 0 Å². The Balaban J connectivity index is 2.52. The Bertz CT molecular complexity index is 468. The van der Waals surface area contributed by atoms with Gasteiger partial charge in [-0.2, -0.15) is 0 Å². The third-order valence-corrected chi connectivity index (χ3v) is 2.26. The minimum absolute atomic E-state index is 0.245. The van der Waals surface area contributed by atoms with E-state index in [1.807, 2.05) is 19.9 Å². The van der Waals surface area contributed by atoms with Crippen LogP contribution in [0, 0.1) is 0 Å². The summed E-state index contributed by atoms with van der Waals surface area (Å²) in [5.74, 6) is 0.925. The highest BCUT2D eigenvalue weighted by Gasteiger charge is 2.11. The van der Waals surface area contributed by atoms with Crippen LogP contribution in [0.2, 0.25) is 0 Å². The molecule has 0 aromatic carbocycles. The first-order chi connectivity index (χ1) is 7.08. The van der Waals surface area contributed by atoms with Crippen LogP contribution in [0.15, 0.2) is 16.7 Å². The zero-order chi connectivity index (χ0) is 11.0. The second-order valence-electron chi connectivity index (χ2n) is 3.98. The van der Waals surface area contributed by atoms with E-state index in [4.69, 9.17) is 4.42 Å². The highest BCUT2D eigenvalue weighted by molar-refractivity contribution is 5.68. The number of fused-ring (bicyclic) bond motifs is 1. The molecule has 1 N–H and O–H groups in total. The van der Waals surface area contributed by atoms with Crippen LogP contribution in [0.5, 0.6) is 0 Å². The van der Waals surface area contributed by atoms with E-state index >= 15 is 0 Å². The molecule has 0 aliphatic heterocycles. The van der Waals surface area contributed by atoms with Crippen LogP contribution in [0.4, 0.5) is 0 Å². The lowest BCUT2D eigenvalue weighted by Crippen LogP contribution is -1.91. The number of hydrogen-bond acceptors (Lipinski definition) is 4. The van der Waals surface area contributed by atoms with E-state index in [1.54, 1.807) is 13.1 Å². The first-order valence-electron chi connectivity index (χ1n) is 5.02. The molecule has 2 aromatic heterocycles. The van der Waals surface area contributed by atoms with E-state index in [2.05, 4.69) is 9.97 Å². The third kappa shape index (κ3) is 1.85. The van der Waals surface area contributed by atoms with Crippen LogP contribution < -0.4 is 0 Å². The maximum absolute atomic E-state index is 9.40. The van der Waals surface area contributed by atoms with Gasteiger partial charge in [-0.25, -0.2) is 9.97 Å². The zero-order valence-electron chi connectivity index (χ0n) is 9.06. The largest absolute Gasteiger partial charge is 0.422 e. The molecular weight excluding hydrogens is 192 g/mol. The Kier molecular flexibility index (Phi) is 2.44. The van der Waals surface area contributed by atoms with Gasteiger partial charge in [-0.3, -0.25) is 0 Å². The molecule has 1 unspecified atom stereocenters. The van der Waals surface area contributed by atoms with E-state index in [0.717, 1.165) is 5.56 Å². The molecule has 0 fully saturated rings. The standard InChI is InChI=1S/C11H14N2O2/c1-6(2)10-13-9-4-8(7(3)14)5-12-11(9)15-10/h4-7,14H,1-3H3. The Morgan fingerprint density at radius 1 is 1.33 bits per heavy atom. The van der Waals surface area contributed by atoms with Gasteiger partial charge in [-0.15, -0.1) is 0 Å². The van der Waals surface area contributed by atoms with E-state index < -0.39 is 6.10 Å². The molecule has 4 heteroatoms. The highest BCUT2D eigenvalue weighted by Crippen LogP contribution is 2.21. The molecule has 2 heterocycles. The smallest absolute Gasteiger partial charge is 0.246 e. The lowest BCUT2D eigenvalue weighted by atomic mass is 10.2. The number of aliphatic hydroxyl groups excluding tert-OH is 1. The molecule has 2 rings (SSSR count). The molecule has 1 atom stereocenters. The van der Waals surface area contributed by atoms with Gasteiger partial charge in [0, 0.05) is 17.7 Å². The van der Waals surface area contributed by atoms with Gasteiger partial charge in [0.05, 0.1) is 6.10 Å². The second kappa shape index (κ2) is 3.62. The first-order valence-corrected chi connectivity index (χ1v) is 5.02. The fraction of sp³-hybridized carbons (Fsp3) is 0.455. The first kappa shape index (κ1) is 10.1. The van der Waals surface area contributed by atoms with Crippen molar-refractivity contribution < 1.29 is 9.52 Å². The minimum atomic E-state index is -0.527. The molecule has 0 spiro atoms. The predicted molar refractivity (Wildman–Crippen MR) is 56.5 cm³/mol. The number of oxazole rings is 1. The SMILES string of the molecule is CC(C)c1nc2cc(C(C)O)cnc2o1. The summed E-state index contributed by atoms with van der Waals surface area (Å²) >= 11 is 0. The van der Waals surface area contributed by atoms with Crippen molar-refractivity contribution >= 4 is 11.2 Å². The summed E-state index contributed by atoms with van der Waals surface area (Å²) in [7, 11) is 0. The molecule has 15 heavy (non-hydrogen) atoms. The average Bonchev–Trinajstić information content (AvgIpc) is 2.59. The molecule has 0 amide bonds. The van der Waals surface area contributed by atoms with Crippen molar-refractivity contribution in [3.8, 4) is 0 Å². The summed E-state index contributed by atoms with van der Waals surface area (Å²) in [5.41, 5.74) is 1.99. The quantitative estimate of drug-likeness (QED) is 0.819. The van der Waals surface area contributed by atoms with Crippen LogP contribution in [0.25, 0.3) is 11.2 Å². The molecule has 0 saturated heterocycles. The zero-order valence-corrected chi connectivity index (χ0v) is 9.06. The van der Waals surface area contributed by atoms with Crippen molar-refractivity contribution in [3.05, 3.63) is 23.7 Å². The minimum Gasteiger partial charge on any atom is -0.422 e. The van der Waals surface area contributed by atoms with Gasteiger partial charge >= 0.3 is 0 Å². The van der Waals surface area contributed by atoms with Crippen molar-refractivity contribution in [2.24, 2.45) is 0 Å². The van der Waals surface area contributed by atoms with Crippen LogP contribution >= 0.6 is 0 Å². The summed E-state index contributed by atoms with van der Waals surface area (Å²) in [4.78, 5) is 8.43. The maximum atomic E-state index is 9.40. The number of hydrogen-bond donors (Lipinski definition) is 1. The van der Waals surface area contributed by atoms with Gasteiger partial charge in [0.25, 0.3) is 0 Å². The fourth-order valence-corrected chi connectivity index (χ4v) is 1.33. The average molecular weight is 206 g/mol. The van der Waals surface area contributed by atoms with Crippen molar-refractivity contribution in [1.29, 1.82) is 0 Å². The number of aliphatic hydroxyl groups is 1. The van der Waals surface area contributed by atoms with Gasteiger partial charge in [0.15, 0.2) is 5.89 Å². The number of rotatable bonds is 2. The highest BCUT2D eigenvalue weighted by atomic mass is 16.4. The van der Waals surface area contributed by atoms with Crippen molar-refractivity contribution in [3.63, 3.8) is 0 Å². The molecule has 0 aliphatic carbocycles. The molecule has 0 saturated carbocycles. The van der Waals surface area contributed by atoms with Gasteiger partial charge in [-0.1, -0.05) is 13.8 Å². The Hall–Kier alpha value is -1.42. The second-order valence-corrected chi connectivity index (χ2v) is 3.98. The monoisotopic (exact) mass is 206 g/mol. The van der Waals surface area contributed by atoms with Crippen LogP contribution in [0.3, 0.4) is 0 Å². The van der Waals surface area contributed by atoms with Crippen LogP contribution in [0.1, 0.15) is 44.2 Å². The summed E-state index contributed by atoms with van der Waals surface area (Å²) in [6.07, 6.45) is 1.09. The number of pyridine rings is 1. The third-order valence-electron chi connectivity index (χ3n) is 2.26. The molecule has 0 bridgehead atoms. The molecule has 0 aliphatic rings. The lowest BCUT2D eigenvalue weighted by Gasteiger charge is -2.01. The molecule has 0 radical (unpaired) electrons. The molecule has 80 valence electrons. The summed E-state index contributed by atoms with van der Waals surface area (Å²) in [6.45, 7) is 5.73. The topological polar surface area (TPSA) is 59.2 Å². The lowest BCUT2D eigenvalue weighted by molar-refractivity contribution is 0.199. The predicted octanol–water partition coefficient (Wildman–Crippen LogP) is 2.40. The van der Waals surface area contributed by atoms with Gasteiger partial charge in [0.1, 0.15) is 5.52 Å². The Morgan fingerprint density at radius 2 is 2.07 bits per heavy atom. The van der Waals surface area contributed by atoms with Gasteiger partial charge in [0.2, 0.25) is 5.71 Å². The summed E-state index contributed by atoms with van der Waals surface area (Å²) in [5, 5.41) is 9.40. The Labute approximate surface area is 88.0 Å². The summed E-state index contributed by atoms with van der Waals surface area (Å²) in [6, 6.07) is 1.81. The van der Waals surface area contributed by atoms with Crippen LogP contribution in [-0.2, 0) is 0 Å². The summed E-state index contributed by atoms with van der Waals surface area (Å²) < 4.78 is 5.46. The molecule has 4 nitrogen and oxygen atoms in total. The number of nitrogens with zero attached hydrogens (tertiary/aromatic N) is 2. The molecular formula is C11H14N2O2. The van der Waals surface area contributed by atoms with Gasteiger partial charge in [-0.05, 0) is 13.0 Å². The van der Waals surface area contributed by atoms with E-state index in [1.165, 1.54) is 0 Å². The van der Waals surface area contributed by atoms with Gasteiger partial charge < -0.3 is 9.52 Å². The van der Waals surface area contributed by atoms with Crippen molar-refractivity contribution in [1.82, 2.24) is 9.97 Å². The van der Waals surface area contributed by atoms with E-state index in [0.29, 0.717) is 17.1 Å². The normalized spacial score (nSPS) is 13.7. The molecule has 2 aromatic rings. The van der Waals surface area contributed by atoms with E-state index in [9.17, 15) is 5.11 Å². The Morgan fingerprint density at radius 3 is 2.67 bits per heavy atom.